The van der Waals surface area contributed by atoms with Gasteiger partial charge in [0.05, 0.1) is 7.11 Å². The fourth-order valence-corrected chi connectivity index (χ4v) is 3.04. The number of rotatable bonds is 9. The highest BCUT2D eigenvalue weighted by Crippen LogP contribution is 2.28. The molecule has 184 valence electrons. The van der Waals surface area contributed by atoms with E-state index in [9.17, 15) is 28.8 Å². The van der Waals surface area contributed by atoms with Crippen LogP contribution < -0.4 is 5.32 Å². The van der Waals surface area contributed by atoms with E-state index in [1.807, 2.05) is 0 Å². The molecule has 1 heterocycles. The van der Waals surface area contributed by atoms with Gasteiger partial charge in [-0.05, 0) is 0 Å². The summed E-state index contributed by atoms with van der Waals surface area (Å²) in [5.41, 5.74) is 0. The van der Waals surface area contributed by atoms with E-state index < -0.39 is 78.6 Å². The minimum absolute atomic E-state index is 0.415. The maximum absolute atomic E-state index is 12.2. The molecule has 0 spiro atoms. The Morgan fingerprint density at radius 3 is 2.00 bits per heavy atom. The second-order valence-corrected chi connectivity index (χ2v) is 6.93. The third-order valence-electron chi connectivity index (χ3n) is 4.11. The largest absolute Gasteiger partial charge is 0.477 e. The summed E-state index contributed by atoms with van der Waals surface area (Å²) in [5.74, 6) is -5.07. The Bertz CT molecular complexity index is 820. The van der Waals surface area contributed by atoms with Gasteiger partial charge in [-0.25, -0.2) is 4.79 Å². The Morgan fingerprint density at radius 1 is 0.939 bits per heavy atom. The normalized spacial score (nSPS) is 21.2. The van der Waals surface area contributed by atoms with Crippen LogP contribution in [0, 0.1) is 0 Å². The predicted octanol–water partition coefficient (Wildman–Crippen LogP) is -0.695. The van der Waals surface area contributed by atoms with E-state index in [2.05, 4.69) is 10.1 Å². The highest BCUT2D eigenvalue weighted by molar-refractivity contribution is 5.86. The standard InChI is InChI=1S/C20H27NO12/c1-9(22)21-17-14(30-11(3)24)7-15(20(27)28-6)33-19(17)18(32-13(5)26)16(31-12(4)25)8-29-10(2)23/h7,14,16-19H,8H2,1-6H3,(H,21,22)/t14-,16-,17+,18+,19+/m0/s1. The molecule has 33 heavy (non-hydrogen) atoms. The molecule has 1 amide bonds. The Morgan fingerprint density at radius 2 is 1.55 bits per heavy atom. The Labute approximate surface area is 189 Å². The molecule has 1 rings (SSSR count). The van der Waals surface area contributed by atoms with Crippen molar-refractivity contribution in [2.24, 2.45) is 0 Å². The molecular weight excluding hydrogens is 446 g/mol. The van der Waals surface area contributed by atoms with Crippen LogP contribution in [0.15, 0.2) is 11.8 Å². The molecule has 0 aliphatic carbocycles. The molecular formula is C20H27NO12. The lowest BCUT2D eigenvalue weighted by Gasteiger charge is -2.41. The molecule has 0 fully saturated rings. The van der Waals surface area contributed by atoms with E-state index in [0.717, 1.165) is 40.9 Å². The Kier molecular flexibility index (Phi) is 10.3. The van der Waals surface area contributed by atoms with Crippen molar-refractivity contribution < 1.29 is 57.2 Å². The molecule has 0 unspecified atom stereocenters. The van der Waals surface area contributed by atoms with Crippen LogP contribution in [0.2, 0.25) is 0 Å². The maximum atomic E-state index is 12.2. The molecule has 5 atom stereocenters. The number of esters is 5. The number of methoxy groups -OCH3 is 1. The summed E-state index contributed by atoms with van der Waals surface area (Å²) in [4.78, 5) is 70.6. The number of hydrogen-bond donors (Lipinski definition) is 1. The molecule has 0 bridgehead atoms. The molecule has 0 aromatic carbocycles. The summed E-state index contributed by atoms with van der Waals surface area (Å²) in [5, 5.41) is 2.51. The van der Waals surface area contributed by atoms with E-state index in [0.29, 0.717) is 0 Å². The van der Waals surface area contributed by atoms with Gasteiger partial charge < -0.3 is 33.7 Å². The van der Waals surface area contributed by atoms with Crippen LogP contribution in [0.3, 0.4) is 0 Å². The summed E-state index contributed by atoms with van der Waals surface area (Å²) >= 11 is 0. The average molecular weight is 473 g/mol. The summed E-state index contributed by atoms with van der Waals surface area (Å²) in [7, 11) is 1.08. The molecule has 0 radical (unpaired) electrons. The maximum Gasteiger partial charge on any atom is 0.373 e. The highest BCUT2D eigenvalue weighted by atomic mass is 16.6. The third-order valence-corrected chi connectivity index (χ3v) is 4.11. The molecule has 0 aromatic heterocycles. The lowest BCUT2D eigenvalue weighted by atomic mass is 9.93. The minimum Gasteiger partial charge on any atom is -0.477 e. The number of ether oxygens (including phenoxy) is 6. The number of hydrogen-bond acceptors (Lipinski definition) is 12. The number of carbonyl (C=O) groups is 6. The fraction of sp³-hybridized carbons (Fsp3) is 0.600. The second kappa shape index (κ2) is 12.4. The van der Waals surface area contributed by atoms with Gasteiger partial charge in [0, 0.05) is 40.7 Å². The quantitative estimate of drug-likeness (QED) is 0.331. The van der Waals surface area contributed by atoms with Crippen LogP contribution >= 0.6 is 0 Å². The molecule has 0 aromatic rings. The van der Waals surface area contributed by atoms with Crippen molar-refractivity contribution in [1.29, 1.82) is 0 Å². The van der Waals surface area contributed by atoms with Gasteiger partial charge in [0.25, 0.3) is 0 Å². The van der Waals surface area contributed by atoms with Gasteiger partial charge in [-0.1, -0.05) is 0 Å². The van der Waals surface area contributed by atoms with Crippen molar-refractivity contribution in [1.82, 2.24) is 5.32 Å². The lowest BCUT2D eigenvalue weighted by Crippen LogP contribution is -2.62. The predicted molar refractivity (Wildman–Crippen MR) is 106 cm³/mol. The van der Waals surface area contributed by atoms with E-state index in [1.54, 1.807) is 0 Å². The summed E-state index contributed by atoms with van der Waals surface area (Å²) in [6.07, 6.45) is -4.52. The third kappa shape index (κ3) is 8.79. The van der Waals surface area contributed by atoms with Crippen LogP contribution in [-0.2, 0) is 57.2 Å². The van der Waals surface area contributed by atoms with Gasteiger partial charge in [0.2, 0.25) is 11.7 Å². The molecule has 0 saturated carbocycles. The second-order valence-electron chi connectivity index (χ2n) is 6.93. The zero-order chi connectivity index (χ0) is 25.3. The first kappa shape index (κ1) is 27.4. The Balaban J connectivity index is 3.58. The van der Waals surface area contributed by atoms with Gasteiger partial charge in [-0.15, -0.1) is 0 Å². The first-order chi connectivity index (χ1) is 15.3. The van der Waals surface area contributed by atoms with Gasteiger partial charge >= 0.3 is 29.8 Å². The van der Waals surface area contributed by atoms with E-state index in [-0.39, 0.29) is 0 Å². The van der Waals surface area contributed by atoms with Crippen molar-refractivity contribution >= 4 is 35.8 Å². The van der Waals surface area contributed by atoms with Crippen LogP contribution in [0.25, 0.3) is 0 Å². The van der Waals surface area contributed by atoms with Crippen LogP contribution in [0.5, 0.6) is 0 Å². The monoisotopic (exact) mass is 473 g/mol. The molecule has 1 aliphatic rings. The van der Waals surface area contributed by atoms with Crippen molar-refractivity contribution in [3.8, 4) is 0 Å². The van der Waals surface area contributed by atoms with E-state index in [1.165, 1.54) is 6.92 Å². The number of amides is 1. The summed E-state index contributed by atoms with van der Waals surface area (Å²) < 4.78 is 30.9. The van der Waals surface area contributed by atoms with Gasteiger partial charge in [-0.2, -0.15) is 0 Å². The van der Waals surface area contributed by atoms with Crippen molar-refractivity contribution in [3.05, 3.63) is 11.8 Å². The van der Waals surface area contributed by atoms with Crippen LogP contribution in [0.1, 0.15) is 34.6 Å². The van der Waals surface area contributed by atoms with Crippen LogP contribution in [-0.4, -0.2) is 79.9 Å². The van der Waals surface area contributed by atoms with Gasteiger partial charge in [-0.3, -0.25) is 24.0 Å². The first-order valence-electron chi connectivity index (χ1n) is 9.74. The molecule has 13 heteroatoms. The first-order valence-corrected chi connectivity index (χ1v) is 9.74. The van der Waals surface area contributed by atoms with Crippen molar-refractivity contribution in [2.75, 3.05) is 13.7 Å². The van der Waals surface area contributed by atoms with E-state index >= 15 is 0 Å². The minimum atomic E-state index is -1.52. The SMILES string of the molecule is COC(=O)C1=C[C@H](OC(C)=O)[C@@H](NC(C)=O)[C@H]([C@H](OC(C)=O)[C@H](COC(C)=O)OC(C)=O)O1. The average Bonchev–Trinajstić information content (AvgIpc) is 2.68. The lowest BCUT2D eigenvalue weighted by molar-refractivity contribution is -0.191. The van der Waals surface area contributed by atoms with Gasteiger partial charge in [0.15, 0.2) is 18.3 Å². The van der Waals surface area contributed by atoms with Gasteiger partial charge in [0.1, 0.15) is 18.8 Å². The van der Waals surface area contributed by atoms with Crippen molar-refractivity contribution in [3.63, 3.8) is 0 Å². The zero-order valence-corrected chi connectivity index (χ0v) is 19.1. The zero-order valence-electron chi connectivity index (χ0n) is 19.1. The summed E-state index contributed by atoms with van der Waals surface area (Å²) in [6.45, 7) is 4.96. The molecule has 13 nitrogen and oxygen atoms in total. The van der Waals surface area contributed by atoms with Crippen molar-refractivity contribution in [2.45, 2.75) is 65.1 Å². The number of carbonyl (C=O) groups excluding carboxylic acids is 6. The molecule has 1 aliphatic heterocycles. The number of nitrogens with one attached hydrogen (secondary N) is 1. The molecule has 0 saturated heterocycles. The highest BCUT2D eigenvalue weighted by Gasteiger charge is 2.49. The van der Waals surface area contributed by atoms with Crippen LogP contribution in [0.4, 0.5) is 0 Å². The fourth-order valence-electron chi connectivity index (χ4n) is 3.04. The Hall–Kier alpha value is -3.64. The topological polar surface area (TPSA) is 170 Å². The molecule has 1 N–H and O–H groups in total. The van der Waals surface area contributed by atoms with E-state index in [4.69, 9.17) is 23.7 Å². The summed E-state index contributed by atoms with van der Waals surface area (Å²) in [6, 6.07) is -1.21. The smallest absolute Gasteiger partial charge is 0.373 e.